The first-order chi connectivity index (χ1) is 8.22. The number of rotatable bonds is 3. The van der Waals surface area contributed by atoms with Crippen molar-refractivity contribution in [2.24, 2.45) is 0 Å². The first-order valence-corrected chi connectivity index (χ1v) is 5.56. The second-order valence-corrected chi connectivity index (χ2v) is 3.81. The highest BCUT2D eigenvalue weighted by Gasteiger charge is 2.04. The van der Waals surface area contributed by atoms with Gasteiger partial charge < -0.3 is 10.8 Å². The molecule has 88 valence electrons. The van der Waals surface area contributed by atoms with Crippen molar-refractivity contribution in [2.45, 2.75) is 20.0 Å². The molecule has 0 aliphatic rings. The number of hydrogen-bond donors (Lipinski definition) is 2. The number of aromatic nitrogens is 2. The van der Waals surface area contributed by atoms with Gasteiger partial charge in [0.15, 0.2) is 0 Å². The molecule has 1 aromatic heterocycles. The van der Waals surface area contributed by atoms with Crippen LogP contribution in [-0.4, -0.2) is 15.1 Å². The Morgan fingerprint density at radius 1 is 1.24 bits per heavy atom. The first kappa shape index (κ1) is 11.5. The van der Waals surface area contributed by atoms with Crippen molar-refractivity contribution in [2.75, 3.05) is 5.73 Å². The van der Waals surface area contributed by atoms with Crippen LogP contribution in [0.3, 0.4) is 0 Å². The largest absolute Gasteiger partial charge is 0.392 e. The summed E-state index contributed by atoms with van der Waals surface area (Å²) in [6.45, 7) is 2.05. The third-order valence-electron chi connectivity index (χ3n) is 2.56. The lowest BCUT2D eigenvalue weighted by Gasteiger charge is -2.05. The zero-order valence-electron chi connectivity index (χ0n) is 9.72. The Balaban J connectivity index is 2.47. The maximum atomic E-state index is 9.11. The quantitative estimate of drug-likeness (QED) is 0.841. The summed E-state index contributed by atoms with van der Waals surface area (Å²) in [6, 6.07) is 9.54. The van der Waals surface area contributed by atoms with E-state index in [4.69, 9.17) is 10.8 Å². The number of nitrogens with zero attached hydrogens (tertiary/aromatic N) is 2. The van der Waals surface area contributed by atoms with Gasteiger partial charge >= 0.3 is 0 Å². The van der Waals surface area contributed by atoms with Gasteiger partial charge in [-0.05, 0) is 24.1 Å². The molecule has 1 heterocycles. The lowest BCUT2D eigenvalue weighted by atomic mass is 10.1. The van der Waals surface area contributed by atoms with Gasteiger partial charge in [-0.2, -0.15) is 0 Å². The molecule has 2 aromatic rings. The fourth-order valence-corrected chi connectivity index (χ4v) is 1.68. The Morgan fingerprint density at radius 3 is 2.76 bits per heavy atom. The predicted octanol–water partition coefficient (Wildman–Crippen LogP) is 1.78. The maximum absolute atomic E-state index is 9.11. The summed E-state index contributed by atoms with van der Waals surface area (Å²) in [7, 11) is 0. The minimum atomic E-state index is 0.0229. The molecule has 0 unspecified atom stereocenters. The fourth-order valence-electron chi connectivity index (χ4n) is 1.68. The summed E-state index contributed by atoms with van der Waals surface area (Å²) in [5.74, 6) is 0.286. The van der Waals surface area contributed by atoms with Crippen molar-refractivity contribution in [3.8, 4) is 11.3 Å². The molecule has 1 aromatic carbocycles. The third-order valence-corrected chi connectivity index (χ3v) is 2.56. The van der Waals surface area contributed by atoms with E-state index in [9.17, 15) is 0 Å². The molecule has 3 N–H and O–H groups in total. The zero-order chi connectivity index (χ0) is 12.3. The minimum absolute atomic E-state index is 0.0229. The number of aryl methyl sites for hydroxylation is 1. The van der Waals surface area contributed by atoms with Crippen molar-refractivity contribution in [3.63, 3.8) is 0 Å². The zero-order valence-corrected chi connectivity index (χ0v) is 9.72. The lowest BCUT2D eigenvalue weighted by molar-refractivity contribution is 0.282. The van der Waals surface area contributed by atoms with Gasteiger partial charge in [-0.25, -0.2) is 9.97 Å². The average Bonchev–Trinajstić information content (AvgIpc) is 2.38. The molecular formula is C13H15N3O. The topological polar surface area (TPSA) is 72.0 Å². The SMILES string of the molecule is CCc1cc(-c2cccc(CO)c2)nc(N)n1. The molecule has 4 heteroatoms. The highest BCUT2D eigenvalue weighted by atomic mass is 16.3. The van der Waals surface area contributed by atoms with Crippen LogP contribution in [0.1, 0.15) is 18.2 Å². The van der Waals surface area contributed by atoms with Gasteiger partial charge in [0, 0.05) is 11.3 Å². The molecule has 0 saturated heterocycles. The van der Waals surface area contributed by atoms with E-state index in [1.54, 1.807) is 0 Å². The number of nitrogen functional groups attached to an aromatic ring is 1. The van der Waals surface area contributed by atoms with E-state index in [2.05, 4.69) is 9.97 Å². The Morgan fingerprint density at radius 2 is 2.06 bits per heavy atom. The fraction of sp³-hybridized carbons (Fsp3) is 0.231. The lowest BCUT2D eigenvalue weighted by Crippen LogP contribution is -2.00. The minimum Gasteiger partial charge on any atom is -0.392 e. The number of anilines is 1. The van der Waals surface area contributed by atoms with Crippen molar-refractivity contribution in [1.82, 2.24) is 9.97 Å². The Bertz CT molecular complexity index is 526. The monoisotopic (exact) mass is 229 g/mol. The molecule has 0 radical (unpaired) electrons. The highest BCUT2D eigenvalue weighted by molar-refractivity contribution is 5.61. The molecule has 17 heavy (non-hydrogen) atoms. The van der Waals surface area contributed by atoms with Crippen LogP contribution in [0.25, 0.3) is 11.3 Å². The van der Waals surface area contributed by atoms with Gasteiger partial charge in [-0.3, -0.25) is 0 Å². The van der Waals surface area contributed by atoms with E-state index in [1.807, 2.05) is 37.3 Å². The van der Waals surface area contributed by atoms with Crippen LogP contribution in [0.4, 0.5) is 5.95 Å². The van der Waals surface area contributed by atoms with Gasteiger partial charge in [0.2, 0.25) is 5.95 Å². The van der Waals surface area contributed by atoms with Crippen molar-refractivity contribution >= 4 is 5.95 Å². The van der Waals surface area contributed by atoms with Crippen LogP contribution < -0.4 is 5.73 Å². The first-order valence-electron chi connectivity index (χ1n) is 5.56. The molecular weight excluding hydrogens is 214 g/mol. The molecule has 0 aliphatic heterocycles. The Labute approximate surface area is 100 Å². The predicted molar refractivity (Wildman–Crippen MR) is 67.2 cm³/mol. The summed E-state index contributed by atoms with van der Waals surface area (Å²) < 4.78 is 0. The van der Waals surface area contributed by atoms with Gasteiger partial charge in [0.25, 0.3) is 0 Å². The number of aliphatic hydroxyl groups is 1. The highest BCUT2D eigenvalue weighted by Crippen LogP contribution is 2.20. The summed E-state index contributed by atoms with van der Waals surface area (Å²) >= 11 is 0. The summed E-state index contributed by atoms with van der Waals surface area (Å²) in [5, 5.41) is 9.11. The molecule has 4 nitrogen and oxygen atoms in total. The van der Waals surface area contributed by atoms with E-state index in [-0.39, 0.29) is 12.6 Å². The summed E-state index contributed by atoms with van der Waals surface area (Å²) in [4.78, 5) is 8.35. The van der Waals surface area contributed by atoms with Gasteiger partial charge in [-0.1, -0.05) is 25.1 Å². The number of hydrogen-bond acceptors (Lipinski definition) is 4. The van der Waals surface area contributed by atoms with Crippen molar-refractivity contribution < 1.29 is 5.11 Å². The van der Waals surface area contributed by atoms with Crippen LogP contribution in [0.2, 0.25) is 0 Å². The van der Waals surface area contributed by atoms with Gasteiger partial charge in [0.1, 0.15) is 0 Å². The Hall–Kier alpha value is -1.94. The van der Waals surface area contributed by atoms with Crippen LogP contribution in [0, 0.1) is 0 Å². The maximum Gasteiger partial charge on any atom is 0.220 e. The van der Waals surface area contributed by atoms with E-state index < -0.39 is 0 Å². The number of aliphatic hydroxyl groups excluding tert-OH is 1. The van der Waals surface area contributed by atoms with Crippen LogP contribution in [0.15, 0.2) is 30.3 Å². The van der Waals surface area contributed by atoms with Crippen LogP contribution in [0.5, 0.6) is 0 Å². The summed E-state index contributed by atoms with van der Waals surface area (Å²) in [6.07, 6.45) is 0.819. The average molecular weight is 229 g/mol. The molecule has 0 spiro atoms. The second-order valence-electron chi connectivity index (χ2n) is 3.81. The normalized spacial score (nSPS) is 10.5. The molecule has 0 atom stereocenters. The molecule has 0 aliphatic carbocycles. The van der Waals surface area contributed by atoms with E-state index in [0.29, 0.717) is 0 Å². The molecule has 0 saturated carbocycles. The second kappa shape index (κ2) is 4.93. The molecule has 0 fully saturated rings. The standard InChI is InChI=1S/C13H15N3O/c1-2-11-7-12(16-13(14)15-11)10-5-3-4-9(6-10)8-17/h3-7,17H,2,8H2,1H3,(H2,14,15,16). The number of nitrogens with two attached hydrogens (primary N) is 1. The smallest absolute Gasteiger partial charge is 0.220 e. The Kier molecular flexibility index (Phi) is 3.35. The van der Waals surface area contributed by atoms with E-state index >= 15 is 0 Å². The van der Waals surface area contributed by atoms with Crippen molar-refractivity contribution in [1.29, 1.82) is 0 Å². The molecule has 0 amide bonds. The third kappa shape index (κ3) is 2.60. The molecule has 2 rings (SSSR count). The molecule has 0 bridgehead atoms. The van der Waals surface area contributed by atoms with Crippen LogP contribution >= 0.6 is 0 Å². The number of benzene rings is 1. The van der Waals surface area contributed by atoms with Gasteiger partial charge in [-0.15, -0.1) is 0 Å². The van der Waals surface area contributed by atoms with E-state index in [0.717, 1.165) is 28.9 Å². The van der Waals surface area contributed by atoms with Crippen molar-refractivity contribution in [3.05, 3.63) is 41.6 Å². The van der Waals surface area contributed by atoms with Gasteiger partial charge in [0.05, 0.1) is 12.3 Å². The van der Waals surface area contributed by atoms with Crippen LogP contribution in [-0.2, 0) is 13.0 Å². The summed E-state index contributed by atoms with van der Waals surface area (Å²) in [5.41, 5.74) is 9.19. The van der Waals surface area contributed by atoms with E-state index in [1.165, 1.54) is 0 Å².